The largest absolute Gasteiger partial charge is 1.00 e. The fraction of sp³-hybridized carbons (Fsp3) is 0.300. The van der Waals surface area contributed by atoms with E-state index in [-0.39, 0.29) is 19.5 Å². The third-order valence-corrected chi connectivity index (χ3v) is 1.69. The highest BCUT2D eigenvalue weighted by molar-refractivity contribution is 7.79. The summed E-state index contributed by atoms with van der Waals surface area (Å²) < 4.78 is 35.7. The number of hydrogen-bond donors (Lipinski definition) is 0. The molecule has 1 aromatic rings. The monoisotopic (exact) mass is 275 g/mol. The molecule has 0 aliphatic heterocycles. The molecule has 0 saturated heterocycles. The van der Waals surface area contributed by atoms with Crippen LogP contribution < -0.4 is 4.57 Å². The Hall–Kier alpha value is -1.64. The first-order valence-electron chi connectivity index (χ1n) is 4.77. The lowest BCUT2D eigenvalue weighted by molar-refractivity contribution is -0.686. The summed E-state index contributed by atoms with van der Waals surface area (Å²) in [6.07, 6.45) is 1.73. The van der Waals surface area contributed by atoms with Gasteiger partial charge in [0.25, 0.3) is 0 Å². The van der Waals surface area contributed by atoms with E-state index in [0.29, 0.717) is 5.69 Å². The Bertz CT molecular complexity index is 535. The van der Waals surface area contributed by atoms with E-state index < -0.39 is 10.4 Å². The van der Waals surface area contributed by atoms with E-state index in [1.165, 1.54) is 13.8 Å². The topological polar surface area (TPSA) is 118 Å². The zero-order valence-electron chi connectivity index (χ0n) is 10.8. The molecule has 0 atom stereocenters. The summed E-state index contributed by atoms with van der Waals surface area (Å²) >= 11 is 0. The summed E-state index contributed by atoms with van der Waals surface area (Å²) in [5, 5.41) is 0. The standard InChI is InChI=1S/C10H12NO2.H2O4S/c1-8(12)7-11-6-4-3-5-10(11)9(2)13;1-5(2,3)4/h3-6H,7H2,1-2H3;(H2,1,2,3,4)/q+1;/p-1. The number of nitrogens with zero attached hydrogens (tertiary/aromatic N) is 1. The lowest BCUT2D eigenvalue weighted by Crippen LogP contribution is -2.42. The van der Waals surface area contributed by atoms with Crippen LogP contribution in [0.25, 0.3) is 0 Å². The SMILES string of the molecule is CC(=O)C[n+]1ccccc1C(C)=O.O=S(=O)([O-])[O-].[H+]. The van der Waals surface area contributed by atoms with Crippen LogP contribution in [0.5, 0.6) is 0 Å². The van der Waals surface area contributed by atoms with Crippen molar-refractivity contribution in [3.05, 3.63) is 30.1 Å². The molecule has 0 aliphatic rings. The first-order chi connectivity index (χ1) is 8.11. The molecular weight excluding hydrogens is 262 g/mol. The quantitative estimate of drug-likeness (QED) is 0.319. The molecule has 1 aromatic heterocycles. The molecule has 0 unspecified atom stereocenters. The van der Waals surface area contributed by atoms with Crippen LogP contribution >= 0.6 is 0 Å². The maximum absolute atomic E-state index is 11.1. The zero-order chi connectivity index (χ0) is 14.3. The second-order valence-electron chi connectivity index (χ2n) is 3.38. The van der Waals surface area contributed by atoms with E-state index in [1.54, 1.807) is 29.0 Å². The van der Waals surface area contributed by atoms with Crippen molar-refractivity contribution in [1.82, 2.24) is 0 Å². The molecule has 0 aromatic carbocycles. The predicted octanol–water partition coefficient (Wildman–Crippen LogP) is -0.460. The Labute approximate surface area is 106 Å². The molecule has 0 bridgehead atoms. The molecule has 0 spiro atoms. The van der Waals surface area contributed by atoms with Gasteiger partial charge in [0.05, 0.1) is 0 Å². The smallest absolute Gasteiger partial charge is 0.759 e. The van der Waals surface area contributed by atoms with Gasteiger partial charge in [0, 0.05) is 36.4 Å². The van der Waals surface area contributed by atoms with Crippen molar-refractivity contribution in [1.29, 1.82) is 0 Å². The van der Waals surface area contributed by atoms with Crippen LogP contribution in [0.1, 0.15) is 25.8 Å². The van der Waals surface area contributed by atoms with Crippen LogP contribution in [0, 0.1) is 0 Å². The number of pyridine rings is 1. The molecule has 0 radical (unpaired) electrons. The van der Waals surface area contributed by atoms with Gasteiger partial charge in [-0.05, 0) is 6.07 Å². The van der Waals surface area contributed by atoms with Gasteiger partial charge < -0.3 is 9.11 Å². The number of aromatic nitrogens is 1. The van der Waals surface area contributed by atoms with Gasteiger partial charge in [-0.15, -0.1) is 0 Å². The van der Waals surface area contributed by atoms with Crippen LogP contribution in [0.2, 0.25) is 0 Å². The minimum atomic E-state index is -5.17. The van der Waals surface area contributed by atoms with E-state index in [2.05, 4.69) is 0 Å². The molecule has 0 saturated carbocycles. The summed E-state index contributed by atoms with van der Waals surface area (Å²) in [6, 6.07) is 5.30. The maximum atomic E-state index is 11.1. The van der Waals surface area contributed by atoms with Crippen LogP contribution in [-0.4, -0.2) is 29.1 Å². The molecule has 0 amide bonds. The fourth-order valence-corrected chi connectivity index (χ4v) is 1.17. The van der Waals surface area contributed by atoms with Crippen LogP contribution in [0.3, 0.4) is 0 Å². The van der Waals surface area contributed by atoms with Gasteiger partial charge in [-0.2, -0.15) is 4.57 Å². The molecular formula is C10H13NO6S. The lowest BCUT2D eigenvalue weighted by atomic mass is 10.2. The summed E-state index contributed by atoms with van der Waals surface area (Å²) in [6.45, 7) is 3.26. The average Bonchev–Trinajstić information content (AvgIpc) is 2.14. The Balaban J connectivity index is 0. The van der Waals surface area contributed by atoms with Crippen molar-refractivity contribution in [2.45, 2.75) is 20.4 Å². The number of rotatable bonds is 3. The second-order valence-corrected chi connectivity index (χ2v) is 4.20. The Morgan fingerprint density at radius 1 is 1.28 bits per heavy atom. The molecule has 18 heavy (non-hydrogen) atoms. The molecule has 7 nitrogen and oxygen atoms in total. The van der Waals surface area contributed by atoms with Gasteiger partial charge in [-0.3, -0.25) is 18.0 Å². The Morgan fingerprint density at radius 3 is 2.17 bits per heavy atom. The number of hydrogen-bond acceptors (Lipinski definition) is 6. The van der Waals surface area contributed by atoms with Gasteiger partial charge >= 0.3 is 1.43 Å². The van der Waals surface area contributed by atoms with E-state index in [1.807, 2.05) is 0 Å². The molecule has 0 aliphatic carbocycles. The summed E-state index contributed by atoms with van der Waals surface area (Å²) in [7, 11) is -5.17. The van der Waals surface area contributed by atoms with Crippen molar-refractivity contribution < 1.29 is 33.1 Å². The first kappa shape index (κ1) is 16.4. The normalized spacial score (nSPS) is 10.2. The third-order valence-electron chi connectivity index (χ3n) is 1.69. The molecule has 8 heteroatoms. The second kappa shape index (κ2) is 6.94. The maximum Gasteiger partial charge on any atom is 1.00 e. The Kier molecular flexibility index (Phi) is 6.31. The number of Topliss-reactive ketones (excluding diaryl/α,β-unsaturated/α-hetero) is 2. The van der Waals surface area contributed by atoms with Crippen molar-refractivity contribution in [3.63, 3.8) is 0 Å². The van der Waals surface area contributed by atoms with Crippen LogP contribution in [0.15, 0.2) is 24.4 Å². The van der Waals surface area contributed by atoms with Gasteiger partial charge in [0.2, 0.25) is 18.0 Å². The van der Waals surface area contributed by atoms with Crippen molar-refractivity contribution in [2.75, 3.05) is 0 Å². The predicted molar refractivity (Wildman–Crippen MR) is 58.9 cm³/mol. The molecule has 1 rings (SSSR count). The lowest BCUT2D eigenvalue weighted by Gasteiger charge is -2.06. The highest BCUT2D eigenvalue weighted by Crippen LogP contribution is 1.92. The van der Waals surface area contributed by atoms with Crippen LogP contribution in [-0.2, 0) is 21.7 Å². The average molecular weight is 275 g/mol. The summed E-state index contributed by atoms with van der Waals surface area (Å²) in [5.74, 6) is 0.0144. The van der Waals surface area contributed by atoms with Crippen molar-refractivity contribution in [2.24, 2.45) is 0 Å². The van der Waals surface area contributed by atoms with E-state index in [9.17, 15) is 9.59 Å². The zero-order valence-corrected chi connectivity index (χ0v) is 10.6. The Morgan fingerprint density at radius 2 is 1.78 bits per heavy atom. The van der Waals surface area contributed by atoms with Crippen molar-refractivity contribution >= 4 is 22.0 Å². The minimum absolute atomic E-state index is 0. The van der Waals surface area contributed by atoms with Crippen molar-refractivity contribution in [3.8, 4) is 0 Å². The van der Waals surface area contributed by atoms with Crippen LogP contribution in [0.4, 0.5) is 0 Å². The van der Waals surface area contributed by atoms with E-state index >= 15 is 0 Å². The minimum Gasteiger partial charge on any atom is -0.759 e. The highest BCUT2D eigenvalue weighted by Gasteiger charge is 2.14. The summed E-state index contributed by atoms with van der Waals surface area (Å²) in [4.78, 5) is 22.0. The van der Waals surface area contributed by atoms with Gasteiger partial charge in [0.1, 0.15) is 0 Å². The van der Waals surface area contributed by atoms with Gasteiger partial charge in [-0.1, -0.05) is 0 Å². The van der Waals surface area contributed by atoms with Gasteiger partial charge in [-0.25, -0.2) is 0 Å². The number of ketones is 2. The van der Waals surface area contributed by atoms with E-state index in [4.69, 9.17) is 17.5 Å². The first-order valence-corrected chi connectivity index (χ1v) is 6.10. The third kappa shape index (κ3) is 8.50. The highest BCUT2D eigenvalue weighted by atomic mass is 32.3. The fourth-order valence-electron chi connectivity index (χ4n) is 1.17. The molecule has 1 heterocycles. The van der Waals surface area contributed by atoms with Gasteiger partial charge in [0.15, 0.2) is 12.0 Å². The van der Waals surface area contributed by atoms with E-state index in [0.717, 1.165) is 0 Å². The molecule has 0 fully saturated rings. The number of carbonyl (C=O) groups is 2. The number of carbonyl (C=O) groups excluding carboxylic acids is 2. The molecule has 100 valence electrons. The summed E-state index contributed by atoms with van der Waals surface area (Å²) in [5.41, 5.74) is 0.567. The molecule has 0 N–H and O–H groups in total.